The summed E-state index contributed by atoms with van der Waals surface area (Å²) in [5.41, 5.74) is 0.244. The van der Waals surface area contributed by atoms with Crippen molar-refractivity contribution in [2.75, 3.05) is 0 Å². The number of aliphatic hydroxyl groups is 2. The highest BCUT2D eigenvalue weighted by atomic mass is 16.3. The maximum Gasteiger partial charge on any atom is 0.155 e. The molecule has 0 unspecified atom stereocenters. The third kappa shape index (κ3) is 1.62. The van der Waals surface area contributed by atoms with Crippen LogP contribution in [-0.4, -0.2) is 27.7 Å². The van der Waals surface area contributed by atoms with Gasteiger partial charge < -0.3 is 10.2 Å². The van der Waals surface area contributed by atoms with Crippen molar-refractivity contribution in [1.82, 2.24) is 0 Å². The van der Waals surface area contributed by atoms with Gasteiger partial charge >= 0.3 is 0 Å². The summed E-state index contributed by atoms with van der Waals surface area (Å²) >= 11 is 0. The molecule has 4 aliphatic rings. The number of fused-ring (bicyclic) bond motifs is 5. The normalized spacial score (nSPS) is 54.3. The number of carbonyl (C=O) groups excluding carboxylic acids is 1. The fourth-order valence-electron chi connectivity index (χ4n) is 6.47. The Morgan fingerprint density at radius 1 is 1.05 bits per heavy atom. The molecule has 0 radical (unpaired) electrons. The first-order valence-electron chi connectivity index (χ1n) is 8.96. The van der Waals surface area contributed by atoms with E-state index in [1.54, 1.807) is 0 Å². The molecule has 2 N–H and O–H groups in total. The summed E-state index contributed by atoms with van der Waals surface area (Å²) < 4.78 is 0. The molecule has 0 bridgehead atoms. The van der Waals surface area contributed by atoms with Crippen molar-refractivity contribution in [3.8, 4) is 0 Å². The zero-order chi connectivity index (χ0) is 15.8. The van der Waals surface area contributed by atoms with Gasteiger partial charge in [-0.1, -0.05) is 19.4 Å². The average Bonchev–Trinajstić information content (AvgIpc) is 2.77. The third-order valence-electron chi connectivity index (χ3n) is 8.10. The summed E-state index contributed by atoms with van der Waals surface area (Å²) in [5, 5.41) is 22.2. The molecule has 3 fully saturated rings. The molecule has 4 rings (SSSR count). The highest BCUT2D eigenvalue weighted by molar-refractivity contribution is 5.91. The Bertz CT molecular complexity index is 553. The second kappa shape index (κ2) is 4.45. The van der Waals surface area contributed by atoms with E-state index in [2.05, 4.69) is 13.8 Å². The lowest BCUT2D eigenvalue weighted by Crippen LogP contribution is -2.63. The topological polar surface area (TPSA) is 57.5 Å². The molecule has 0 amide bonds. The van der Waals surface area contributed by atoms with E-state index in [-0.39, 0.29) is 28.6 Å². The van der Waals surface area contributed by atoms with Gasteiger partial charge in [0.15, 0.2) is 5.78 Å². The smallest absolute Gasteiger partial charge is 0.155 e. The van der Waals surface area contributed by atoms with Crippen LogP contribution in [0.1, 0.15) is 65.2 Å². The van der Waals surface area contributed by atoms with Gasteiger partial charge in [-0.05, 0) is 68.3 Å². The van der Waals surface area contributed by atoms with Crippen molar-refractivity contribution >= 4 is 5.78 Å². The zero-order valence-electron chi connectivity index (χ0n) is 13.8. The Kier molecular flexibility index (Phi) is 3.01. The van der Waals surface area contributed by atoms with E-state index in [1.165, 1.54) is 5.57 Å². The predicted octanol–water partition coefficient (Wildman–Crippen LogP) is 2.99. The molecule has 0 saturated heterocycles. The number of ketones is 1. The Hall–Kier alpha value is -0.670. The lowest BCUT2D eigenvalue weighted by atomic mass is 9.45. The first-order valence-corrected chi connectivity index (χ1v) is 8.96. The second-order valence-corrected chi connectivity index (χ2v) is 8.74. The number of hydrogen-bond acceptors (Lipinski definition) is 3. The fraction of sp³-hybridized carbons (Fsp3) is 0.842. The molecule has 6 atom stereocenters. The maximum atomic E-state index is 11.8. The quantitative estimate of drug-likeness (QED) is 0.723. The van der Waals surface area contributed by atoms with Gasteiger partial charge in [0.1, 0.15) is 0 Å². The van der Waals surface area contributed by atoms with Gasteiger partial charge in [0.05, 0.1) is 11.7 Å². The molecule has 3 nitrogen and oxygen atoms in total. The van der Waals surface area contributed by atoms with E-state index >= 15 is 0 Å². The molecule has 0 heterocycles. The van der Waals surface area contributed by atoms with Crippen LogP contribution in [0.25, 0.3) is 0 Å². The fourth-order valence-corrected chi connectivity index (χ4v) is 6.47. The SMILES string of the molecule is C[C@]12CC[C@@]3(O)[C@@H](CCC4=CC(=O)CC[C@@]43C)[C@@H]1CC[C@@H]2O. The Labute approximate surface area is 132 Å². The van der Waals surface area contributed by atoms with E-state index in [1.807, 2.05) is 6.08 Å². The number of carbonyl (C=O) groups is 1. The van der Waals surface area contributed by atoms with Crippen LogP contribution in [0.5, 0.6) is 0 Å². The van der Waals surface area contributed by atoms with Crippen LogP contribution < -0.4 is 0 Å². The van der Waals surface area contributed by atoms with E-state index < -0.39 is 5.60 Å². The van der Waals surface area contributed by atoms with Gasteiger partial charge in [-0.3, -0.25) is 4.79 Å². The van der Waals surface area contributed by atoms with E-state index in [4.69, 9.17) is 0 Å². The Morgan fingerprint density at radius 3 is 2.59 bits per heavy atom. The molecule has 0 aliphatic heterocycles. The molecule has 3 heteroatoms. The van der Waals surface area contributed by atoms with Crippen molar-refractivity contribution in [3.05, 3.63) is 11.6 Å². The van der Waals surface area contributed by atoms with Crippen LogP contribution in [0, 0.1) is 22.7 Å². The van der Waals surface area contributed by atoms with Gasteiger partial charge in [0, 0.05) is 11.8 Å². The molecule has 0 spiro atoms. The standard InChI is InChI=1S/C19H28O3/c1-17-9-10-19(22)15(14(17)5-6-16(17)21)4-3-12-11-13(20)7-8-18(12,19)2/h11,14-16,21-22H,3-10H2,1-2H3/t14-,15-,16-,17-,18-,19+/m0/s1. The van der Waals surface area contributed by atoms with E-state index in [0.717, 1.165) is 44.9 Å². The van der Waals surface area contributed by atoms with Gasteiger partial charge in [-0.15, -0.1) is 0 Å². The summed E-state index contributed by atoms with van der Waals surface area (Å²) in [5.74, 6) is 0.933. The van der Waals surface area contributed by atoms with Crippen molar-refractivity contribution in [2.24, 2.45) is 22.7 Å². The minimum absolute atomic E-state index is 0.0149. The summed E-state index contributed by atoms with van der Waals surface area (Å²) in [7, 11) is 0. The first-order chi connectivity index (χ1) is 10.3. The van der Waals surface area contributed by atoms with Crippen LogP contribution in [-0.2, 0) is 4.79 Å². The molecule has 0 aromatic rings. The molecule has 22 heavy (non-hydrogen) atoms. The predicted molar refractivity (Wildman–Crippen MR) is 84.2 cm³/mol. The Balaban J connectivity index is 1.76. The van der Waals surface area contributed by atoms with Crippen molar-refractivity contribution in [2.45, 2.75) is 76.9 Å². The number of hydrogen-bond donors (Lipinski definition) is 2. The largest absolute Gasteiger partial charge is 0.393 e. The van der Waals surface area contributed by atoms with Gasteiger partial charge in [0.25, 0.3) is 0 Å². The molecule has 3 saturated carbocycles. The summed E-state index contributed by atoms with van der Waals surface area (Å²) in [6.45, 7) is 4.42. The van der Waals surface area contributed by atoms with E-state index in [0.29, 0.717) is 12.3 Å². The van der Waals surface area contributed by atoms with Crippen LogP contribution in [0.3, 0.4) is 0 Å². The number of aliphatic hydroxyl groups excluding tert-OH is 1. The molecular weight excluding hydrogens is 276 g/mol. The lowest BCUT2D eigenvalue weighted by molar-refractivity contribution is -0.196. The highest BCUT2D eigenvalue weighted by Crippen LogP contribution is 2.66. The van der Waals surface area contributed by atoms with Crippen LogP contribution in [0.4, 0.5) is 0 Å². The molecule has 4 aliphatic carbocycles. The van der Waals surface area contributed by atoms with Crippen LogP contribution in [0.15, 0.2) is 11.6 Å². The second-order valence-electron chi connectivity index (χ2n) is 8.74. The van der Waals surface area contributed by atoms with Crippen LogP contribution >= 0.6 is 0 Å². The van der Waals surface area contributed by atoms with Gasteiger partial charge in [0.2, 0.25) is 0 Å². The molecule has 0 aromatic heterocycles. The molecular formula is C19H28O3. The highest BCUT2D eigenvalue weighted by Gasteiger charge is 2.65. The monoisotopic (exact) mass is 304 g/mol. The van der Waals surface area contributed by atoms with E-state index in [9.17, 15) is 15.0 Å². The summed E-state index contributed by atoms with van der Waals surface area (Å²) in [6.07, 6.45) is 8.48. The van der Waals surface area contributed by atoms with Crippen molar-refractivity contribution < 1.29 is 15.0 Å². The van der Waals surface area contributed by atoms with Crippen molar-refractivity contribution in [3.63, 3.8) is 0 Å². The lowest BCUT2D eigenvalue weighted by Gasteiger charge is -2.62. The maximum absolute atomic E-state index is 11.8. The summed E-state index contributed by atoms with van der Waals surface area (Å²) in [6, 6.07) is 0. The minimum atomic E-state index is -0.688. The van der Waals surface area contributed by atoms with Gasteiger partial charge in [-0.2, -0.15) is 0 Å². The van der Waals surface area contributed by atoms with Crippen LogP contribution in [0.2, 0.25) is 0 Å². The van der Waals surface area contributed by atoms with Gasteiger partial charge in [-0.25, -0.2) is 0 Å². The first kappa shape index (κ1) is 14.9. The summed E-state index contributed by atoms with van der Waals surface area (Å²) in [4.78, 5) is 11.8. The molecule has 0 aromatic carbocycles. The Morgan fingerprint density at radius 2 is 1.82 bits per heavy atom. The molecule has 122 valence electrons. The average molecular weight is 304 g/mol. The minimum Gasteiger partial charge on any atom is -0.393 e. The zero-order valence-corrected chi connectivity index (χ0v) is 13.8. The third-order valence-corrected chi connectivity index (χ3v) is 8.10. The van der Waals surface area contributed by atoms with Crippen molar-refractivity contribution in [1.29, 1.82) is 0 Å². The number of rotatable bonds is 0.